The zero-order valence-electron chi connectivity index (χ0n) is 10.9. The molecule has 1 aromatic rings. The molecule has 2 aliphatic rings. The molecule has 1 saturated carbocycles. The Hall–Kier alpha value is -1.56. The lowest BCUT2D eigenvalue weighted by Gasteiger charge is -2.21. The summed E-state index contributed by atoms with van der Waals surface area (Å²) in [5.41, 5.74) is 7.77. The van der Waals surface area contributed by atoms with Gasteiger partial charge in [-0.3, -0.25) is 9.89 Å². The third kappa shape index (κ3) is 2.73. The second-order valence-corrected chi connectivity index (χ2v) is 5.44. The number of anilines is 1. The molecule has 0 spiro atoms. The molecule has 1 aromatic heterocycles. The van der Waals surface area contributed by atoms with Gasteiger partial charge in [-0.05, 0) is 31.6 Å². The highest BCUT2D eigenvalue weighted by molar-refractivity contribution is 5.97. The molecule has 19 heavy (non-hydrogen) atoms. The van der Waals surface area contributed by atoms with Gasteiger partial charge in [0.2, 0.25) is 0 Å². The molecule has 1 aliphatic heterocycles. The van der Waals surface area contributed by atoms with Crippen molar-refractivity contribution in [3.05, 3.63) is 11.4 Å². The molecule has 2 heterocycles. The van der Waals surface area contributed by atoms with Gasteiger partial charge in [-0.1, -0.05) is 0 Å². The van der Waals surface area contributed by atoms with Crippen molar-refractivity contribution >= 4 is 11.6 Å². The van der Waals surface area contributed by atoms with Crippen LogP contribution in [0.4, 0.5) is 5.69 Å². The minimum Gasteiger partial charge on any atom is -0.395 e. The first kappa shape index (κ1) is 12.5. The number of rotatable bonds is 4. The zero-order valence-corrected chi connectivity index (χ0v) is 10.9. The monoisotopic (exact) mass is 264 g/mol. The van der Waals surface area contributed by atoms with E-state index < -0.39 is 0 Å². The number of nitrogens with two attached hydrogens (primary N) is 1. The summed E-state index contributed by atoms with van der Waals surface area (Å²) < 4.78 is 5.30. The normalized spacial score (nSPS) is 20.4. The fourth-order valence-electron chi connectivity index (χ4n) is 2.49. The first-order valence-electron chi connectivity index (χ1n) is 6.95. The number of nitrogen functional groups attached to an aromatic ring is 1. The minimum atomic E-state index is -0.174. The Bertz CT molecular complexity index is 461. The number of H-pyrrole nitrogens is 1. The molecule has 0 radical (unpaired) electrons. The van der Waals surface area contributed by atoms with Crippen molar-refractivity contribution in [2.24, 2.45) is 5.92 Å². The van der Waals surface area contributed by atoms with Gasteiger partial charge in [-0.25, -0.2) is 0 Å². The van der Waals surface area contributed by atoms with E-state index in [2.05, 4.69) is 15.5 Å². The number of aromatic amines is 1. The van der Waals surface area contributed by atoms with Crippen molar-refractivity contribution < 1.29 is 9.53 Å². The van der Waals surface area contributed by atoms with Crippen molar-refractivity contribution in [1.29, 1.82) is 0 Å². The number of amides is 1. The summed E-state index contributed by atoms with van der Waals surface area (Å²) in [4.78, 5) is 12.1. The quantitative estimate of drug-likeness (QED) is 0.757. The van der Waals surface area contributed by atoms with Gasteiger partial charge in [0.05, 0.1) is 11.4 Å². The summed E-state index contributed by atoms with van der Waals surface area (Å²) in [6.07, 6.45) is 4.28. The lowest BCUT2D eigenvalue weighted by Crippen LogP contribution is -2.32. The fourth-order valence-corrected chi connectivity index (χ4v) is 2.49. The third-order valence-electron chi connectivity index (χ3n) is 3.93. The second-order valence-electron chi connectivity index (χ2n) is 5.44. The standard InChI is InChI=1S/C13H20N4O2/c14-10-11(9-1-2-9)16-17-12(10)13(18)15-7-8-3-5-19-6-4-8/h8-9H,1-7,14H2,(H,15,18)(H,16,17). The molecule has 1 aliphatic carbocycles. The molecule has 6 nitrogen and oxygen atoms in total. The van der Waals surface area contributed by atoms with Crippen molar-refractivity contribution in [2.75, 3.05) is 25.5 Å². The molecule has 1 saturated heterocycles. The van der Waals surface area contributed by atoms with Crippen molar-refractivity contribution in [3.8, 4) is 0 Å². The van der Waals surface area contributed by atoms with Crippen LogP contribution in [0.1, 0.15) is 47.8 Å². The molecule has 0 aromatic carbocycles. The molecular weight excluding hydrogens is 244 g/mol. The number of hydrogen-bond donors (Lipinski definition) is 3. The van der Waals surface area contributed by atoms with E-state index in [1.54, 1.807) is 0 Å². The number of ether oxygens (including phenoxy) is 1. The highest BCUT2D eigenvalue weighted by atomic mass is 16.5. The van der Waals surface area contributed by atoms with Crippen LogP contribution >= 0.6 is 0 Å². The van der Waals surface area contributed by atoms with Crippen LogP contribution in [0.5, 0.6) is 0 Å². The Labute approximate surface area is 112 Å². The smallest absolute Gasteiger partial charge is 0.273 e. The van der Waals surface area contributed by atoms with Crippen molar-refractivity contribution in [1.82, 2.24) is 15.5 Å². The highest BCUT2D eigenvalue weighted by Crippen LogP contribution is 2.42. The van der Waals surface area contributed by atoms with E-state index in [4.69, 9.17) is 10.5 Å². The van der Waals surface area contributed by atoms with Crippen LogP contribution in [-0.2, 0) is 4.74 Å². The van der Waals surface area contributed by atoms with Gasteiger partial charge in [0.1, 0.15) is 0 Å². The summed E-state index contributed by atoms with van der Waals surface area (Å²) >= 11 is 0. The van der Waals surface area contributed by atoms with Crippen molar-refractivity contribution in [2.45, 2.75) is 31.6 Å². The summed E-state index contributed by atoms with van der Waals surface area (Å²) in [7, 11) is 0. The van der Waals surface area contributed by atoms with Crippen LogP contribution in [0.2, 0.25) is 0 Å². The lowest BCUT2D eigenvalue weighted by molar-refractivity contribution is 0.0642. The number of aromatic nitrogens is 2. The van der Waals surface area contributed by atoms with E-state index >= 15 is 0 Å². The predicted molar refractivity (Wildman–Crippen MR) is 70.9 cm³/mol. The van der Waals surface area contributed by atoms with Gasteiger partial charge < -0.3 is 15.8 Å². The van der Waals surface area contributed by atoms with E-state index in [-0.39, 0.29) is 5.91 Å². The highest BCUT2D eigenvalue weighted by Gasteiger charge is 2.30. The molecule has 104 valence electrons. The average Bonchev–Trinajstić information content (AvgIpc) is 3.20. The maximum atomic E-state index is 12.1. The van der Waals surface area contributed by atoms with Gasteiger partial charge in [0.25, 0.3) is 5.91 Å². The Balaban J connectivity index is 1.57. The number of carbonyl (C=O) groups excluding carboxylic acids is 1. The maximum absolute atomic E-state index is 12.1. The SMILES string of the molecule is Nc1c(C(=O)NCC2CCOCC2)n[nH]c1C1CC1. The van der Waals surface area contributed by atoms with Crippen LogP contribution in [0.3, 0.4) is 0 Å². The molecule has 0 unspecified atom stereocenters. The molecule has 0 atom stereocenters. The molecule has 6 heteroatoms. The Morgan fingerprint density at radius 3 is 2.79 bits per heavy atom. The van der Waals surface area contributed by atoms with E-state index in [0.29, 0.717) is 29.8 Å². The summed E-state index contributed by atoms with van der Waals surface area (Å²) in [5, 5.41) is 9.88. The van der Waals surface area contributed by atoms with Gasteiger partial charge >= 0.3 is 0 Å². The van der Waals surface area contributed by atoms with Gasteiger partial charge in [0.15, 0.2) is 5.69 Å². The number of nitrogens with one attached hydrogen (secondary N) is 2. The van der Waals surface area contributed by atoms with E-state index in [1.807, 2.05) is 0 Å². The first-order valence-corrected chi connectivity index (χ1v) is 6.95. The average molecular weight is 264 g/mol. The van der Waals surface area contributed by atoms with E-state index in [0.717, 1.165) is 44.6 Å². The molecule has 4 N–H and O–H groups in total. The van der Waals surface area contributed by atoms with Crippen LogP contribution in [-0.4, -0.2) is 35.9 Å². The Morgan fingerprint density at radius 1 is 1.37 bits per heavy atom. The number of hydrogen-bond acceptors (Lipinski definition) is 4. The van der Waals surface area contributed by atoms with Crippen LogP contribution in [0.15, 0.2) is 0 Å². The first-order chi connectivity index (χ1) is 9.25. The summed E-state index contributed by atoms with van der Waals surface area (Å²) in [6, 6.07) is 0. The fraction of sp³-hybridized carbons (Fsp3) is 0.692. The molecule has 1 amide bonds. The van der Waals surface area contributed by atoms with Gasteiger partial charge in [-0.2, -0.15) is 5.10 Å². The van der Waals surface area contributed by atoms with E-state index in [9.17, 15) is 4.79 Å². The van der Waals surface area contributed by atoms with Crippen LogP contribution in [0, 0.1) is 5.92 Å². The Morgan fingerprint density at radius 2 is 2.11 bits per heavy atom. The van der Waals surface area contributed by atoms with Gasteiger partial charge in [0, 0.05) is 25.7 Å². The van der Waals surface area contributed by atoms with Crippen LogP contribution in [0.25, 0.3) is 0 Å². The second kappa shape index (κ2) is 5.21. The molecule has 2 fully saturated rings. The lowest BCUT2D eigenvalue weighted by atomic mass is 10.0. The largest absolute Gasteiger partial charge is 0.395 e. The maximum Gasteiger partial charge on any atom is 0.273 e. The zero-order chi connectivity index (χ0) is 13.2. The third-order valence-corrected chi connectivity index (χ3v) is 3.93. The summed E-state index contributed by atoms with van der Waals surface area (Å²) in [6.45, 7) is 2.25. The number of carbonyl (C=O) groups is 1. The van der Waals surface area contributed by atoms with Crippen molar-refractivity contribution in [3.63, 3.8) is 0 Å². The molecular formula is C13H20N4O2. The molecule has 3 rings (SSSR count). The Kier molecular flexibility index (Phi) is 3.42. The van der Waals surface area contributed by atoms with Crippen LogP contribution < -0.4 is 11.1 Å². The summed E-state index contributed by atoms with van der Waals surface area (Å²) in [5.74, 6) is 0.803. The predicted octanol–water partition coefficient (Wildman–Crippen LogP) is 1.03. The van der Waals surface area contributed by atoms with Gasteiger partial charge in [-0.15, -0.1) is 0 Å². The molecule has 0 bridgehead atoms. The number of nitrogens with zero attached hydrogens (tertiary/aromatic N) is 1. The minimum absolute atomic E-state index is 0.174. The topological polar surface area (TPSA) is 93.0 Å². The van der Waals surface area contributed by atoms with E-state index in [1.165, 1.54) is 0 Å².